The van der Waals surface area contributed by atoms with E-state index in [2.05, 4.69) is 152 Å². The Labute approximate surface area is 337 Å². The van der Waals surface area contributed by atoms with Gasteiger partial charge in [-0.1, -0.05) is 0 Å². The van der Waals surface area contributed by atoms with Gasteiger partial charge in [0, 0.05) is 0 Å². The third kappa shape index (κ3) is 8.08. The van der Waals surface area contributed by atoms with Gasteiger partial charge in [0.15, 0.2) is 0 Å². The molecule has 0 nitrogen and oxygen atoms in total. The van der Waals surface area contributed by atoms with Gasteiger partial charge >= 0.3 is 340 Å². The van der Waals surface area contributed by atoms with Gasteiger partial charge in [-0.3, -0.25) is 0 Å². The molecule has 0 saturated carbocycles. The van der Waals surface area contributed by atoms with Crippen LogP contribution in [0.25, 0.3) is 34.4 Å². The normalized spacial score (nSPS) is 17.5. The van der Waals surface area contributed by atoms with E-state index in [-0.39, 0.29) is 7.25 Å². The summed E-state index contributed by atoms with van der Waals surface area (Å²) in [5.74, 6) is -0.647. The number of halogens is 2. The minimum atomic E-state index is -4.92. The molecule has 54 heavy (non-hydrogen) atoms. The molecular formula is C50H65Cl2SiZr. The first-order valence-corrected chi connectivity index (χ1v) is 37.7. The molecule has 4 aromatic carbocycles. The molecule has 0 heterocycles. The molecule has 2 atom stereocenters. The zero-order chi connectivity index (χ0) is 38.6. The second-order valence-electron chi connectivity index (χ2n) is 17.5. The summed E-state index contributed by atoms with van der Waals surface area (Å²) in [5.41, 5.74) is 16.6. The summed E-state index contributed by atoms with van der Waals surface area (Å²) in [7, 11) is 17.9. The molecule has 0 saturated heterocycles. The van der Waals surface area contributed by atoms with E-state index in [9.17, 15) is 0 Å². The zero-order valence-corrected chi connectivity index (χ0v) is 39.6. The Kier molecular flexibility index (Phi) is 13.6. The minimum absolute atomic E-state index is 0.122. The van der Waals surface area contributed by atoms with E-state index in [1.54, 1.807) is 0 Å². The Hall–Kier alpha value is -1.96. The second-order valence-corrected chi connectivity index (χ2v) is 60.0. The fraction of sp³-hybridized carbons (Fsp3) is 0.440. The average molecular weight is 856 g/mol. The Bertz CT molecular complexity index is 1830. The Morgan fingerprint density at radius 3 is 1.26 bits per heavy atom. The molecule has 0 fully saturated rings. The van der Waals surface area contributed by atoms with Crippen LogP contribution in [-0.4, -0.2) is 5.92 Å². The van der Waals surface area contributed by atoms with E-state index >= 15 is 0 Å². The molecule has 2 unspecified atom stereocenters. The van der Waals surface area contributed by atoms with Gasteiger partial charge in [0.1, 0.15) is 0 Å². The summed E-state index contributed by atoms with van der Waals surface area (Å²) >= 11 is -4.92. The number of rotatable bonds is 17. The third-order valence-electron chi connectivity index (χ3n) is 12.9. The molecule has 0 spiro atoms. The van der Waals surface area contributed by atoms with Gasteiger partial charge < -0.3 is 0 Å². The molecule has 4 heteroatoms. The number of benzene rings is 4. The Morgan fingerprint density at radius 1 is 0.537 bits per heavy atom. The summed E-state index contributed by atoms with van der Waals surface area (Å²) in [6.45, 7) is 18.7. The van der Waals surface area contributed by atoms with Gasteiger partial charge in [-0.2, -0.15) is 0 Å². The van der Waals surface area contributed by atoms with Crippen molar-refractivity contribution in [1.29, 1.82) is 0 Å². The van der Waals surface area contributed by atoms with Crippen LogP contribution >= 0.6 is 17.0 Å². The van der Waals surface area contributed by atoms with E-state index < -0.39 is 21.5 Å². The quantitative estimate of drug-likeness (QED) is 0.0733. The second kappa shape index (κ2) is 17.7. The monoisotopic (exact) mass is 853 g/mol. The van der Waals surface area contributed by atoms with Crippen molar-refractivity contribution < 1.29 is 15.6 Å². The number of allylic oxidation sites excluding steroid dienone is 2. The SMILES string of the molecule is CCCCCCC1=Cc2c(-c3ccc(C(C)C)cc3)cccc2[CH]1[Zr]([Cl])([Cl])([CH]1C(CCCCCC)=Cc2c(-c3ccc(C(C)C)cc3)cccc21)[SiH](C)C. The van der Waals surface area contributed by atoms with Crippen molar-refractivity contribution in [2.45, 2.75) is 138 Å². The van der Waals surface area contributed by atoms with Crippen molar-refractivity contribution in [3.63, 3.8) is 0 Å². The Morgan fingerprint density at radius 2 is 0.926 bits per heavy atom. The van der Waals surface area contributed by atoms with Crippen LogP contribution in [0.4, 0.5) is 0 Å². The van der Waals surface area contributed by atoms with E-state index in [4.69, 9.17) is 17.0 Å². The summed E-state index contributed by atoms with van der Waals surface area (Å²) in [6, 6.07) is 32.6. The van der Waals surface area contributed by atoms with Crippen molar-refractivity contribution in [1.82, 2.24) is 0 Å². The summed E-state index contributed by atoms with van der Waals surface area (Å²) in [6.07, 6.45) is 17.2. The van der Waals surface area contributed by atoms with Gasteiger partial charge in [0.05, 0.1) is 0 Å². The number of hydrogen-bond acceptors (Lipinski definition) is 0. The third-order valence-corrected chi connectivity index (χ3v) is 64.8. The van der Waals surface area contributed by atoms with Crippen molar-refractivity contribution in [3.8, 4) is 22.3 Å². The number of hydrogen-bond donors (Lipinski definition) is 0. The van der Waals surface area contributed by atoms with Crippen molar-refractivity contribution in [2.75, 3.05) is 0 Å². The fourth-order valence-electron chi connectivity index (χ4n) is 9.61. The molecule has 0 amide bonds. The molecule has 0 bridgehead atoms. The van der Waals surface area contributed by atoms with E-state index in [0.717, 1.165) is 12.8 Å². The van der Waals surface area contributed by atoms with Gasteiger partial charge in [-0.15, -0.1) is 0 Å². The molecule has 6 rings (SSSR count). The molecule has 0 N–H and O–H groups in total. The predicted octanol–water partition coefficient (Wildman–Crippen LogP) is 16.8. The summed E-state index contributed by atoms with van der Waals surface area (Å²) < 4.78 is 0.244. The predicted molar refractivity (Wildman–Crippen MR) is 241 cm³/mol. The molecule has 2 aliphatic carbocycles. The number of unbranched alkanes of at least 4 members (excludes halogenated alkanes) is 6. The molecule has 2 aliphatic rings. The van der Waals surface area contributed by atoms with Crippen molar-refractivity contribution >= 4 is 35.1 Å². The first-order chi connectivity index (χ1) is 25.9. The average Bonchev–Trinajstić information content (AvgIpc) is 3.75. The van der Waals surface area contributed by atoms with Crippen molar-refractivity contribution in [3.05, 3.63) is 129 Å². The van der Waals surface area contributed by atoms with Gasteiger partial charge in [0.2, 0.25) is 0 Å². The molecule has 0 aliphatic heterocycles. The van der Waals surface area contributed by atoms with Crippen LogP contribution in [-0.2, 0) is 15.6 Å². The molecule has 4 aromatic rings. The maximum atomic E-state index is 8.93. The molecular weight excluding hydrogens is 791 g/mol. The first-order valence-electron chi connectivity index (χ1n) is 21.3. The van der Waals surface area contributed by atoms with Crippen LogP contribution < -0.4 is 0 Å². The van der Waals surface area contributed by atoms with Gasteiger partial charge in [-0.05, 0) is 0 Å². The fourth-order valence-corrected chi connectivity index (χ4v) is 41.1. The maximum absolute atomic E-state index is 8.93. The topological polar surface area (TPSA) is 0 Å². The zero-order valence-electron chi connectivity index (χ0n) is 34.5. The van der Waals surface area contributed by atoms with Crippen LogP contribution in [0.1, 0.15) is 158 Å². The van der Waals surface area contributed by atoms with Crippen LogP contribution in [0.3, 0.4) is 0 Å². The van der Waals surface area contributed by atoms with E-state index in [1.165, 1.54) is 118 Å². The van der Waals surface area contributed by atoms with Crippen LogP contribution in [0.5, 0.6) is 0 Å². The van der Waals surface area contributed by atoms with E-state index in [1.807, 2.05) is 0 Å². The summed E-state index contributed by atoms with van der Waals surface area (Å²) in [4.78, 5) is 0. The number of fused-ring (bicyclic) bond motifs is 2. The molecule has 287 valence electrons. The Balaban J connectivity index is 1.54. The standard InChI is InChI=1S/2C24H29.C2H7Si.2ClH.Zr/c2*1-4-5-6-7-9-19-16-22-10-8-11-23(24(22)17-19)21-14-12-20(13-15-21)18(2)3;1-3-2;;;/h2*8,10-18H,4-7,9H2,1-3H3;3H,1-2H3;2*1H;/q;;;;;+2/p-2. The molecule has 0 aromatic heterocycles. The van der Waals surface area contributed by atoms with Crippen LogP contribution in [0.2, 0.25) is 13.1 Å². The first kappa shape index (κ1) is 41.7. The van der Waals surface area contributed by atoms with Gasteiger partial charge in [-0.25, -0.2) is 0 Å². The van der Waals surface area contributed by atoms with Gasteiger partial charge in [0.25, 0.3) is 0 Å². The van der Waals surface area contributed by atoms with Crippen LogP contribution in [0.15, 0.2) is 96.1 Å². The van der Waals surface area contributed by atoms with E-state index in [0.29, 0.717) is 11.8 Å². The van der Waals surface area contributed by atoms with Crippen LogP contribution in [0, 0.1) is 0 Å². The van der Waals surface area contributed by atoms with Crippen molar-refractivity contribution in [2.24, 2.45) is 0 Å². The molecule has 0 radical (unpaired) electrons. The summed E-state index contributed by atoms with van der Waals surface area (Å²) in [5, 5.41) is 0.